The lowest BCUT2D eigenvalue weighted by Crippen LogP contribution is -2.48. The van der Waals surface area contributed by atoms with Crippen LogP contribution in [-0.4, -0.2) is 29.3 Å². The number of hydrogen-bond donors (Lipinski definition) is 0. The molecule has 0 saturated carbocycles. The molecule has 0 radical (unpaired) electrons. The minimum absolute atomic E-state index is 0.0689. The summed E-state index contributed by atoms with van der Waals surface area (Å²) in [6.07, 6.45) is 2.31. The summed E-state index contributed by atoms with van der Waals surface area (Å²) in [5.74, 6) is -0.236. The number of carbonyl (C=O) groups is 1. The Labute approximate surface area is 101 Å². The van der Waals surface area contributed by atoms with E-state index in [1.165, 1.54) is 12.1 Å². The molecule has 0 atom stereocenters. The Morgan fingerprint density at radius 2 is 1.71 bits per heavy atom. The molecule has 2 rings (SSSR count). The van der Waals surface area contributed by atoms with E-state index in [0.717, 1.165) is 25.9 Å². The van der Waals surface area contributed by atoms with Gasteiger partial charge in [-0.25, -0.2) is 4.39 Å². The van der Waals surface area contributed by atoms with Crippen molar-refractivity contribution >= 4 is 5.78 Å². The van der Waals surface area contributed by atoms with Crippen LogP contribution in [0.3, 0.4) is 0 Å². The number of hydrogen-bond acceptors (Lipinski definition) is 2. The van der Waals surface area contributed by atoms with E-state index in [2.05, 4.69) is 4.90 Å². The van der Waals surface area contributed by atoms with Gasteiger partial charge in [0, 0.05) is 5.56 Å². The molecule has 1 saturated heterocycles. The molecule has 0 spiro atoms. The van der Waals surface area contributed by atoms with E-state index in [4.69, 9.17) is 0 Å². The third-order valence-corrected chi connectivity index (χ3v) is 3.56. The Bertz CT molecular complexity index is 405. The summed E-state index contributed by atoms with van der Waals surface area (Å²) in [5, 5.41) is 0. The van der Waals surface area contributed by atoms with Crippen molar-refractivity contribution in [2.45, 2.75) is 32.2 Å². The normalized spacial score (nSPS) is 17.4. The van der Waals surface area contributed by atoms with Crippen molar-refractivity contribution in [1.82, 2.24) is 4.90 Å². The number of likely N-dealkylation sites (tertiary alicyclic amines) is 1. The van der Waals surface area contributed by atoms with Gasteiger partial charge in [-0.15, -0.1) is 0 Å². The predicted molar refractivity (Wildman–Crippen MR) is 65.6 cm³/mol. The molecule has 17 heavy (non-hydrogen) atoms. The van der Waals surface area contributed by atoms with E-state index in [9.17, 15) is 9.18 Å². The van der Waals surface area contributed by atoms with E-state index < -0.39 is 5.54 Å². The molecular weight excluding hydrogens is 217 g/mol. The first-order valence-corrected chi connectivity index (χ1v) is 6.07. The second-order valence-electron chi connectivity index (χ2n) is 5.09. The fourth-order valence-electron chi connectivity index (χ4n) is 2.37. The summed E-state index contributed by atoms with van der Waals surface area (Å²) < 4.78 is 12.8. The number of rotatable bonds is 3. The number of Topliss-reactive ketones (excluding diaryl/α,β-unsaturated/α-hetero) is 1. The predicted octanol–water partition coefficient (Wildman–Crippen LogP) is 2.88. The third kappa shape index (κ3) is 2.39. The quantitative estimate of drug-likeness (QED) is 0.751. The van der Waals surface area contributed by atoms with Crippen LogP contribution in [0, 0.1) is 5.82 Å². The molecule has 1 aromatic carbocycles. The average molecular weight is 235 g/mol. The summed E-state index contributed by atoms with van der Waals surface area (Å²) in [6.45, 7) is 5.84. The largest absolute Gasteiger partial charge is 0.292 e. The lowest BCUT2D eigenvalue weighted by molar-refractivity contribution is 0.0702. The second-order valence-corrected chi connectivity index (χ2v) is 5.09. The van der Waals surface area contributed by atoms with Gasteiger partial charge >= 0.3 is 0 Å². The minimum atomic E-state index is -0.492. The number of benzene rings is 1. The van der Waals surface area contributed by atoms with Crippen molar-refractivity contribution in [3.8, 4) is 0 Å². The number of carbonyl (C=O) groups excluding carboxylic acids is 1. The molecular formula is C14H18FNO. The standard InChI is InChI=1S/C14H18FNO/c1-14(2,16-9-3-4-10-16)13(17)11-5-7-12(15)8-6-11/h5-8H,3-4,9-10H2,1-2H3. The molecule has 1 fully saturated rings. The van der Waals surface area contributed by atoms with Crippen LogP contribution >= 0.6 is 0 Å². The zero-order chi connectivity index (χ0) is 12.5. The molecule has 0 aliphatic carbocycles. The number of halogens is 1. The van der Waals surface area contributed by atoms with Gasteiger partial charge in [0.2, 0.25) is 0 Å². The van der Waals surface area contributed by atoms with Crippen LogP contribution in [0.5, 0.6) is 0 Å². The lowest BCUT2D eigenvalue weighted by atomic mass is 9.91. The summed E-state index contributed by atoms with van der Waals surface area (Å²) >= 11 is 0. The molecule has 0 unspecified atom stereocenters. The second kappa shape index (κ2) is 4.57. The Morgan fingerprint density at radius 1 is 1.18 bits per heavy atom. The third-order valence-electron chi connectivity index (χ3n) is 3.56. The van der Waals surface area contributed by atoms with E-state index in [1.807, 2.05) is 13.8 Å². The van der Waals surface area contributed by atoms with Crippen LogP contribution in [0.1, 0.15) is 37.0 Å². The van der Waals surface area contributed by atoms with Gasteiger partial charge in [-0.1, -0.05) is 0 Å². The molecule has 3 heteroatoms. The SMILES string of the molecule is CC(C)(C(=O)c1ccc(F)cc1)N1CCCC1. The topological polar surface area (TPSA) is 20.3 Å². The Balaban J connectivity index is 2.20. The lowest BCUT2D eigenvalue weighted by Gasteiger charge is -2.33. The molecule has 0 bridgehead atoms. The molecule has 0 amide bonds. The first-order chi connectivity index (χ1) is 8.01. The molecule has 2 nitrogen and oxygen atoms in total. The van der Waals surface area contributed by atoms with Crippen LogP contribution in [-0.2, 0) is 0 Å². The van der Waals surface area contributed by atoms with Crippen molar-refractivity contribution < 1.29 is 9.18 Å². The summed E-state index contributed by atoms with van der Waals surface area (Å²) in [6, 6.07) is 5.81. The van der Waals surface area contributed by atoms with Crippen molar-refractivity contribution in [3.63, 3.8) is 0 Å². The van der Waals surface area contributed by atoms with Crippen LogP contribution in [0.25, 0.3) is 0 Å². The molecule has 92 valence electrons. The zero-order valence-electron chi connectivity index (χ0n) is 10.4. The van der Waals surface area contributed by atoms with Crippen molar-refractivity contribution in [2.75, 3.05) is 13.1 Å². The highest BCUT2D eigenvalue weighted by atomic mass is 19.1. The van der Waals surface area contributed by atoms with Gasteiger partial charge in [0.05, 0.1) is 5.54 Å². The molecule has 0 aromatic heterocycles. The van der Waals surface area contributed by atoms with Crippen molar-refractivity contribution in [2.24, 2.45) is 0 Å². The Hall–Kier alpha value is -1.22. The highest BCUT2D eigenvalue weighted by Crippen LogP contribution is 2.25. The maximum absolute atomic E-state index is 12.8. The fourth-order valence-corrected chi connectivity index (χ4v) is 2.37. The van der Waals surface area contributed by atoms with Crippen LogP contribution in [0.4, 0.5) is 4.39 Å². The van der Waals surface area contributed by atoms with E-state index in [0.29, 0.717) is 5.56 Å². The van der Waals surface area contributed by atoms with Gasteiger partial charge in [0.25, 0.3) is 0 Å². The Morgan fingerprint density at radius 3 is 2.24 bits per heavy atom. The average Bonchev–Trinajstić information content (AvgIpc) is 2.83. The molecule has 1 aliphatic rings. The molecule has 1 aliphatic heterocycles. The van der Waals surface area contributed by atoms with Gasteiger partial charge in [0.1, 0.15) is 5.82 Å². The minimum Gasteiger partial charge on any atom is -0.292 e. The van der Waals surface area contributed by atoms with Crippen LogP contribution in [0.2, 0.25) is 0 Å². The molecule has 0 N–H and O–H groups in total. The van der Waals surface area contributed by atoms with Gasteiger partial charge in [-0.05, 0) is 64.0 Å². The van der Waals surface area contributed by atoms with Gasteiger partial charge in [-0.2, -0.15) is 0 Å². The maximum atomic E-state index is 12.8. The summed E-state index contributed by atoms with van der Waals surface area (Å²) in [5.41, 5.74) is 0.0947. The van der Waals surface area contributed by atoms with E-state index in [-0.39, 0.29) is 11.6 Å². The van der Waals surface area contributed by atoms with E-state index in [1.54, 1.807) is 12.1 Å². The summed E-state index contributed by atoms with van der Waals surface area (Å²) in [7, 11) is 0. The Kier molecular flexibility index (Phi) is 3.29. The number of nitrogens with zero attached hydrogens (tertiary/aromatic N) is 1. The molecule has 1 aromatic rings. The number of ketones is 1. The van der Waals surface area contributed by atoms with Gasteiger partial charge in [0.15, 0.2) is 5.78 Å². The van der Waals surface area contributed by atoms with Crippen molar-refractivity contribution in [1.29, 1.82) is 0 Å². The highest BCUT2D eigenvalue weighted by molar-refractivity contribution is 6.02. The smallest absolute Gasteiger partial charge is 0.182 e. The summed E-state index contributed by atoms with van der Waals surface area (Å²) in [4.78, 5) is 14.6. The van der Waals surface area contributed by atoms with Crippen LogP contribution < -0.4 is 0 Å². The van der Waals surface area contributed by atoms with E-state index >= 15 is 0 Å². The van der Waals surface area contributed by atoms with Gasteiger partial charge < -0.3 is 0 Å². The first-order valence-electron chi connectivity index (χ1n) is 6.07. The zero-order valence-corrected chi connectivity index (χ0v) is 10.4. The maximum Gasteiger partial charge on any atom is 0.182 e. The monoisotopic (exact) mass is 235 g/mol. The van der Waals surface area contributed by atoms with Gasteiger partial charge in [-0.3, -0.25) is 9.69 Å². The first kappa shape index (κ1) is 12.2. The highest BCUT2D eigenvalue weighted by Gasteiger charge is 2.36. The van der Waals surface area contributed by atoms with Crippen molar-refractivity contribution in [3.05, 3.63) is 35.6 Å². The fraction of sp³-hybridized carbons (Fsp3) is 0.500. The van der Waals surface area contributed by atoms with Crippen LogP contribution in [0.15, 0.2) is 24.3 Å². The molecule has 1 heterocycles.